The molecule has 0 fully saturated rings. The van der Waals surface area contributed by atoms with E-state index < -0.39 is 0 Å². The third-order valence-corrected chi connectivity index (χ3v) is 4.99. The van der Waals surface area contributed by atoms with E-state index in [0.29, 0.717) is 36.6 Å². The van der Waals surface area contributed by atoms with Crippen LogP contribution in [0.3, 0.4) is 0 Å². The number of fused-ring (bicyclic) bond motifs is 1. The highest BCUT2D eigenvalue weighted by molar-refractivity contribution is 7.98. The summed E-state index contributed by atoms with van der Waals surface area (Å²) in [6, 6.07) is 3.57. The van der Waals surface area contributed by atoms with Crippen molar-refractivity contribution in [2.24, 2.45) is 12.2 Å². The topological polar surface area (TPSA) is 85.9 Å². The van der Waals surface area contributed by atoms with Crippen molar-refractivity contribution in [2.45, 2.75) is 25.2 Å². The Bertz CT molecular complexity index is 889. The first kappa shape index (κ1) is 18.3. The van der Waals surface area contributed by atoms with Gasteiger partial charge in [-0.3, -0.25) is 4.79 Å². The first-order valence-electron chi connectivity index (χ1n) is 8.29. The van der Waals surface area contributed by atoms with E-state index >= 15 is 0 Å². The Morgan fingerprint density at radius 2 is 2.27 bits per heavy atom. The lowest BCUT2D eigenvalue weighted by Crippen LogP contribution is -2.19. The molecule has 0 aliphatic carbocycles. The average molecular weight is 375 g/mol. The Hall–Kier alpha value is -2.48. The van der Waals surface area contributed by atoms with Gasteiger partial charge in [-0.2, -0.15) is 5.10 Å². The zero-order valence-electron chi connectivity index (χ0n) is 15.2. The number of aromatic nitrogens is 2. The van der Waals surface area contributed by atoms with Gasteiger partial charge in [0.2, 0.25) is 11.7 Å². The van der Waals surface area contributed by atoms with Crippen molar-refractivity contribution in [1.29, 1.82) is 0 Å². The number of thioether (sulfide) groups is 1. The summed E-state index contributed by atoms with van der Waals surface area (Å²) in [6.07, 6.45) is 2.54. The van der Waals surface area contributed by atoms with Crippen molar-refractivity contribution in [1.82, 2.24) is 9.78 Å². The molecule has 1 aromatic heterocycles. The fraction of sp³-hybridized carbons (Fsp3) is 0.389. The summed E-state index contributed by atoms with van der Waals surface area (Å²) in [5.74, 6) is 0.212. The number of hydrogen-bond donors (Lipinski definition) is 1. The molecule has 8 heteroatoms. The number of ether oxygens (including phenoxy) is 1. The molecule has 1 N–H and O–H groups in total. The Morgan fingerprint density at radius 1 is 1.50 bits per heavy atom. The highest BCUT2D eigenvalue weighted by Crippen LogP contribution is 2.39. The van der Waals surface area contributed by atoms with Gasteiger partial charge in [0.1, 0.15) is 17.9 Å². The molecule has 0 atom stereocenters. The van der Waals surface area contributed by atoms with Crippen LogP contribution in [-0.2, 0) is 11.9 Å². The van der Waals surface area contributed by atoms with Crippen molar-refractivity contribution in [3.05, 3.63) is 34.5 Å². The maximum Gasteiger partial charge on any atom is 0.220 e. The van der Waals surface area contributed by atoms with E-state index in [1.807, 2.05) is 19.2 Å². The van der Waals surface area contributed by atoms with Crippen LogP contribution in [0.1, 0.15) is 40.5 Å². The number of carbonyl (C=O) groups is 1. The summed E-state index contributed by atoms with van der Waals surface area (Å²) in [5.41, 5.74) is 2.81. The Labute approximate surface area is 156 Å². The van der Waals surface area contributed by atoms with Gasteiger partial charge in [-0.05, 0) is 32.2 Å². The smallest absolute Gasteiger partial charge is 0.220 e. The van der Waals surface area contributed by atoms with Crippen LogP contribution >= 0.6 is 11.8 Å². The minimum atomic E-state index is -0.280. The summed E-state index contributed by atoms with van der Waals surface area (Å²) in [6.45, 7) is 4.54. The lowest BCUT2D eigenvalue weighted by atomic mass is 9.97. The van der Waals surface area contributed by atoms with Gasteiger partial charge in [0.25, 0.3) is 0 Å². The van der Waals surface area contributed by atoms with Gasteiger partial charge in [0.05, 0.1) is 22.9 Å². The summed E-state index contributed by atoms with van der Waals surface area (Å²) < 4.78 is 7.15. The van der Waals surface area contributed by atoms with Crippen LogP contribution in [0.25, 0.3) is 0 Å². The van der Waals surface area contributed by atoms with Crippen LogP contribution < -0.4 is 4.74 Å². The van der Waals surface area contributed by atoms with Gasteiger partial charge in [-0.25, -0.2) is 4.68 Å². The van der Waals surface area contributed by atoms with Crippen LogP contribution in [-0.4, -0.2) is 45.9 Å². The van der Waals surface area contributed by atoms with Crippen molar-refractivity contribution in [3.63, 3.8) is 0 Å². The zero-order chi connectivity index (χ0) is 18.8. The van der Waals surface area contributed by atoms with Crippen LogP contribution in [0.2, 0.25) is 0 Å². The largest absolute Gasteiger partial charge is 0.493 e. The van der Waals surface area contributed by atoms with Crippen LogP contribution in [0, 0.1) is 6.92 Å². The maximum atomic E-state index is 13.1. The van der Waals surface area contributed by atoms with Gasteiger partial charge in [0.15, 0.2) is 0 Å². The molecule has 0 bridgehead atoms. The monoisotopic (exact) mass is 375 g/mol. The first-order valence-corrected chi connectivity index (χ1v) is 9.52. The van der Waals surface area contributed by atoms with E-state index in [-0.39, 0.29) is 17.2 Å². The van der Waals surface area contributed by atoms with E-state index in [1.54, 1.807) is 20.0 Å². The number of oxime groups is 1. The van der Waals surface area contributed by atoms with E-state index in [1.165, 1.54) is 16.4 Å². The van der Waals surface area contributed by atoms with Crippen LogP contribution in [0.4, 0.5) is 0 Å². The average Bonchev–Trinajstić information content (AvgIpc) is 2.90. The van der Waals surface area contributed by atoms with Crippen LogP contribution in [0.5, 0.6) is 11.6 Å². The van der Waals surface area contributed by atoms with Gasteiger partial charge >= 0.3 is 0 Å². The van der Waals surface area contributed by atoms with Crippen molar-refractivity contribution >= 4 is 23.3 Å². The van der Waals surface area contributed by atoms with Crippen molar-refractivity contribution in [3.8, 4) is 11.6 Å². The molecule has 1 aromatic carbocycles. The number of nitrogens with zero attached hydrogens (tertiary/aromatic N) is 3. The molecule has 1 aliphatic heterocycles. The SMILES string of the molecule is CCON=C1CCOc2c1ccc(C(=O)c1c(C)nn(C)c1O)c2SC. The third kappa shape index (κ3) is 3.05. The second kappa shape index (κ2) is 7.41. The normalized spacial score (nSPS) is 14.8. The molecule has 1 aliphatic rings. The Morgan fingerprint density at radius 3 is 2.88 bits per heavy atom. The minimum absolute atomic E-state index is 0.142. The molecule has 0 radical (unpaired) electrons. The molecule has 2 heterocycles. The van der Waals surface area contributed by atoms with Crippen LogP contribution in [0.15, 0.2) is 22.2 Å². The first-order chi connectivity index (χ1) is 12.5. The zero-order valence-corrected chi connectivity index (χ0v) is 16.0. The number of carbonyl (C=O) groups excluding carboxylic acids is 1. The second-order valence-corrected chi connectivity index (χ2v) is 6.63. The molecular weight excluding hydrogens is 354 g/mol. The maximum absolute atomic E-state index is 13.1. The van der Waals surface area contributed by atoms with Gasteiger partial charge in [-0.1, -0.05) is 5.16 Å². The minimum Gasteiger partial charge on any atom is -0.493 e. The quantitative estimate of drug-likeness (QED) is 0.491. The number of hydrogen-bond acceptors (Lipinski definition) is 7. The summed E-state index contributed by atoms with van der Waals surface area (Å²) in [7, 11) is 1.60. The molecule has 0 amide bonds. The third-order valence-electron chi connectivity index (χ3n) is 4.18. The summed E-state index contributed by atoms with van der Waals surface area (Å²) >= 11 is 1.43. The highest BCUT2D eigenvalue weighted by atomic mass is 32.2. The molecular formula is C18H21N3O4S. The fourth-order valence-corrected chi connectivity index (χ4v) is 3.72. The molecule has 2 aromatic rings. The predicted molar refractivity (Wildman–Crippen MR) is 99.5 cm³/mol. The lowest BCUT2D eigenvalue weighted by molar-refractivity contribution is 0.103. The highest BCUT2D eigenvalue weighted by Gasteiger charge is 2.28. The van der Waals surface area contributed by atoms with E-state index in [9.17, 15) is 9.90 Å². The summed E-state index contributed by atoms with van der Waals surface area (Å²) in [4.78, 5) is 19.0. The molecule has 0 saturated heterocycles. The molecule has 3 rings (SSSR count). The second-order valence-electron chi connectivity index (χ2n) is 5.81. The number of aromatic hydroxyl groups is 1. The standard InChI is InChI=1S/C18H21N3O4S/c1-5-25-20-13-8-9-24-16-11(13)6-7-12(17(16)26-4)15(22)14-10(2)19-21(3)18(14)23/h6-7,23H,5,8-9H2,1-4H3. The number of benzene rings is 1. The van der Waals surface area contributed by atoms with Gasteiger partial charge in [-0.15, -0.1) is 11.8 Å². The van der Waals surface area contributed by atoms with E-state index in [4.69, 9.17) is 9.57 Å². The Balaban J connectivity index is 2.11. The number of ketones is 1. The molecule has 0 saturated carbocycles. The van der Waals surface area contributed by atoms with E-state index in [0.717, 1.165) is 16.2 Å². The van der Waals surface area contributed by atoms with E-state index in [2.05, 4.69) is 10.3 Å². The fourth-order valence-electron chi connectivity index (χ4n) is 2.98. The number of aryl methyl sites for hydroxylation is 2. The Kier molecular flexibility index (Phi) is 5.22. The lowest BCUT2D eigenvalue weighted by Gasteiger charge is -2.22. The molecule has 138 valence electrons. The number of rotatable bonds is 5. The molecule has 26 heavy (non-hydrogen) atoms. The molecule has 7 nitrogen and oxygen atoms in total. The predicted octanol–water partition coefficient (Wildman–Crippen LogP) is 2.91. The van der Waals surface area contributed by atoms with Crippen molar-refractivity contribution in [2.75, 3.05) is 19.5 Å². The molecule has 0 spiro atoms. The van der Waals surface area contributed by atoms with Gasteiger partial charge < -0.3 is 14.7 Å². The molecule has 0 unspecified atom stereocenters. The summed E-state index contributed by atoms with van der Waals surface area (Å²) in [5, 5.41) is 18.5. The van der Waals surface area contributed by atoms with Crippen molar-refractivity contribution < 1.29 is 19.5 Å². The van der Waals surface area contributed by atoms with Gasteiger partial charge in [0, 0.05) is 24.6 Å².